The number of nitrogens with two attached hydrogens (primary N) is 1. The molecule has 1 rings (SSSR count). The van der Waals surface area contributed by atoms with Crippen LogP contribution < -0.4 is 11.0 Å². The Morgan fingerprint density at radius 1 is 1.50 bits per heavy atom. The highest BCUT2D eigenvalue weighted by atomic mass is 35.5. The van der Waals surface area contributed by atoms with Crippen molar-refractivity contribution >= 4 is 29.7 Å². The van der Waals surface area contributed by atoms with Crippen LogP contribution in [-0.2, 0) is 4.57 Å². The molecule has 0 saturated heterocycles. The first kappa shape index (κ1) is 9.56. The number of nitrogen functional groups attached to an aromatic ring is 1. The van der Waals surface area contributed by atoms with Gasteiger partial charge in [0.25, 0.3) is 0 Å². The van der Waals surface area contributed by atoms with E-state index in [0.29, 0.717) is 16.0 Å². The van der Waals surface area contributed by atoms with Crippen molar-refractivity contribution in [3.8, 4) is 0 Å². The van der Waals surface area contributed by atoms with E-state index in [9.17, 15) is 4.57 Å². The molecule has 2 N–H and O–H groups in total. The summed E-state index contributed by atoms with van der Waals surface area (Å²) in [5.74, 6) is 0. The molecule has 12 heavy (non-hydrogen) atoms. The fourth-order valence-electron chi connectivity index (χ4n) is 1.01. The van der Waals surface area contributed by atoms with Gasteiger partial charge in [-0.2, -0.15) is 0 Å². The highest BCUT2D eigenvalue weighted by molar-refractivity contribution is 7.70. The Bertz CT molecular complexity index is 327. The fraction of sp³-hybridized carbons (Fsp3) is 0.286. The van der Waals surface area contributed by atoms with Crippen molar-refractivity contribution in [2.24, 2.45) is 0 Å². The summed E-state index contributed by atoms with van der Waals surface area (Å²) in [6, 6.07) is 0. The quantitative estimate of drug-likeness (QED) is 0.707. The Balaban J connectivity index is 3.42. The lowest BCUT2D eigenvalue weighted by molar-refractivity contribution is 0.588. The van der Waals surface area contributed by atoms with Crippen molar-refractivity contribution in [3.05, 3.63) is 17.4 Å². The van der Waals surface area contributed by atoms with E-state index in [1.165, 1.54) is 12.4 Å². The number of aromatic nitrogens is 1. The molecule has 0 aliphatic carbocycles. The number of nitrogens with zero attached hydrogens (tertiary/aromatic N) is 1. The average molecular weight is 205 g/mol. The molecule has 0 aliphatic rings. The number of pyridine rings is 1. The highest BCUT2D eigenvalue weighted by Gasteiger charge is 2.18. The molecule has 0 unspecified atom stereocenters. The van der Waals surface area contributed by atoms with Crippen molar-refractivity contribution in [3.63, 3.8) is 0 Å². The van der Waals surface area contributed by atoms with Crippen LogP contribution in [0.25, 0.3) is 0 Å². The van der Waals surface area contributed by atoms with Crippen LogP contribution in [0.4, 0.5) is 5.69 Å². The second kappa shape index (κ2) is 3.08. The van der Waals surface area contributed by atoms with Crippen LogP contribution >= 0.6 is 18.7 Å². The SMILES string of the molecule is CP(C)(=O)c1c(N)cncc1Cl. The average Bonchev–Trinajstić information content (AvgIpc) is 1.82. The van der Waals surface area contributed by atoms with Crippen LogP contribution in [0.2, 0.25) is 5.02 Å². The first-order chi connectivity index (χ1) is 5.43. The first-order valence-corrected chi connectivity index (χ1v) is 6.35. The van der Waals surface area contributed by atoms with E-state index in [1.807, 2.05) is 0 Å². The van der Waals surface area contributed by atoms with Crippen molar-refractivity contribution in [2.45, 2.75) is 0 Å². The van der Waals surface area contributed by atoms with E-state index in [2.05, 4.69) is 4.98 Å². The van der Waals surface area contributed by atoms with Gasteiger partial charge < -0.3 is 10.3 Å². The molecule has 3 nitrogen and oxygen atoms in total. The van der Waals surface area contributed by atoms with Crippen LogP contribution in [0.15, 0.2) is 12.4 Å². The van der Waals surface area contributed by atoms with Gasteiger partial charge in [0.1, 0.15) is 7.14 Å². The lowest BCUT2D eigenvalue weighted by Gasteiger charge is -2.10. The molecule has 0 saturated carbocycles. The standard InChI is InChI=1S/C7H10ClN2OP/c1-12(2,11)7-5(8)3-10-4-6(7)9/h3-4H,9H2,1-2H3. The van der Waals surface area contributed by atoms with Gasteiger partial charge in [-0.1, -0.05) is 11.6 Å². The van der Waals surface area contributed by atoms with Crippen LogP contribution in [0.3, 0.4) is 0 Å². The van der Waals surface area contributed by atoms with E-state index in [0.717, 1.165) is 0 Å². The van der Waals surface area contributed by atoms with Crippen molar-refractivity contribution in [2.75, 3.05) is 19.1 Å². The molecular weight excluding hydrogens is 195 g/mol. The summed E-state index contributed by atoms with van der Waals surface area (Å²) in [5.41, 5.74) is 5.99. The Kier molecular flexibility index (Phi) is 2.45. The summed E-state index contributed by atoms with van der Waals surface area (Å²) in [5, 5.41) is 0.905. The summed E-state index contributed by atoms with van der Waals surface area (Å²) >= 11 is 5.80. The maximum Gasteiger partial charge on any atom is 0.113 e. The number of anilines is 1. The molecule has 1 aromatic rings. The summed E-state index contributed by atoms with van der Waals surface area (Å²) in [4.78, 5) is 3.78. The molecule has 0 aromatic carbocycles. The van der Waals surface area contributed by atoms with Crippen LogP contribution in [-0.4, -0.2) is 18.3 Å². The molecule has 0 spiro atoms. The van der Waals surface area contributed by atoms with Crippen LogP contribution in [0.1, 0.15) is 0 Å². The van der Waals surface area contributed by atoms with E-state index >= 15 is 0 Å². The van der Waals surface area contributed by atoms with Gasteiger partial charge in [-0.3, -0.25) is 4.98 Å². The normalized spacial score (nSPS) is 11.6. The summed E-state index contributed by atoms with van der Waals surface area (Å²) in [6.07, 6.45) is 2.91. The summed E-state index contributed by atoms with van der Waals surface area (Å²) < 4.78 is 11.7. The van der Waals surface area contributed by atoms with Crippen LogP contribution in [0, 0.1) is 0 Å². The second-order valence-electron chi connectivity index (χ2n) is 2.91. The number of hydrogen-bond donors (Lipinski definition) is 1. The number of hydrogen-bond acceptors (Lipinski definition) is 3. The molecule has 0 fully saturated rings. The lowest BCUT2D eigenvalue weighted by atomic mass is 10.4. The molecule has 0 atom stereocenters. The Morgan fingerprint density at radius 3 is 2.42 bits per heavy atom. The van der Waals surface area contributed by atoms with Gasteiger partial charge in [0.15, 0.2) is 0 Å². The monoisotopic (exact) mass is 204 g/mol. The largest absolute Gasteiger partial charge is 0.397 e. The molecule has 0 aliphatic heterocycles. The van der Waals surface area contributed by atoms with Crippen molar-refractivity contribution in [1.82, 2.24) is 4.98 Å². The minimum absolute atomic E-state index is 0.378. The second-order valence-corrected chi connectivity index (χ2v) is 6.47. The third-order valence-electron chi connectivity index (χ3n) is 1.44. The van der Waals surface area contributed by atoms with Crippen molar-refractivity contribution < 1.29 is 4.57 Å². The maximum absolute atomic E-state index is 11.7. The smallest absolute Gasteiger partial charge is 0.113 e. The molecule has 0 bridgehead atoms. The summed E-state index contributed by atoms with van der Waals surface area (Å²) in [6.45, 7) is 3.26. The van der Waals surface area contributed by atoms with E-state index < -0.39 is 7.14 Å². The molecule has 1 heterocycles. The molecular formula is C7H10ClN2OP. The third kappa shape index (κ3) is 1.79. The molecule has 5 heteroatoms. The van der Waals surface area contributed by atoms with E-state index in [-0.39, 0.29) is 0 Å². The first-order valence-electron chi connectivity index (χ1n) is 3.37. The van der Waals surface area contributed by atoms with Gasteiger partial charge in [0, 0.05) is 6.20 Å². The molecule has 0 radical (unpaired) electrons. The van der Waals surface area contributed by atoms with Gasteiger partial charge >= 0.3 is 0 Å². The van der Waals surface area contributed by atoms with Gasteiger partial charge in [-0.15, -0.1) is 0 Å². The van der Waals surface area contributed by atoms with Gasteiger partial charge in [-0.25, -0.2) is 0 Å². The molecule has 0 amide bonds. The predicted molar refractivity (Wildman–Crippen MR) is 52.7 cm³/mol. The van der Waals surface area contributed by atoms with Gasteiger partial charge in [-0.05, 0) is 13.3 Å². The predicted octanol–water partition coefficient (Wildman–Crippen LogP) is 1.57. The zero-order valence-corrected chi connectivity index (χ0v) is 8.56. The highest BCUT2D eigenvalue weighted by Crippen LogP contribution is 2.39. The van der Waals surface area contributed by atoms with E-state index in [1.54, 1.807) is 13.3 Å². The zero-order valence-electron chi connectivity index (χ0n) is 6.91. The third-order valence-corrected chi connectivity index (χ3v) is 3.43. The fourth-order valence-corrected chi connectivity index (χ4v) is 3.04. The molecule has 66 valence electrons. The number of halogens is 1. The summed E-state index contributed by atoms with van der Waals surface area (Å²) in [7, 11) is -2.39. The molecule has 1 aromatic heterocycles. The zero-order chi connectivity index (χ0) is 9.35. The maximum atomic E-state index is 11.7. The van der Waals surface area contributed by atoms with Gasteiger partial charge in [0.2, 0.25) is 0 Å². The topological polar surface area (TPSA) is 56.0 Å². The Labute approximate surface area is 76.3 Å². The lowest BCUT2D eigenvalue weighted by Crippen LogP contribution is -2.11. The Hall–Kier alpha value is -0.530. The Morgan fingerprint density at radius 2 is 2.08 bits per heavy atom. The van der Waals surface area contributed by atoms with Crippen molar-refractivity contribution in [1.29, 1.82) is 0 Å². The minimum Gasteiger partial charge on any atom is -0.397 e. The van der Waals surface area contributed by atoms with Gasteiger partial charge in [0.05, 0.1) is 22.2 Å². The number of rotatable bonds is 1. The van der Waals surface area contributed by atoms with Crippen LogP contribution in [0.5, 0.6) is 0 Å². The minimum atomic E-state index is -2.39. The van der Waals surface area contributed by atoms with E-state index in [4.69, 9.17) is 17.3 Å².